The number of esters is 1. The van der Waals surface area contributed by atoms with Gasteiger partial charge in [0, 0.05) is 17.1 Å². The molecule has 0 aliphatic rings. The van der Waals surface area contributed by atoms with Crippen molar-refractivity contribution in [2.45, 2.75) is 26.7 Å². The fourth-order valence-corrected chi connectivity index (χ4v) is 3.46. The summed E-state index contributed by atoms with van der Waals surface area (Å²) in [6.07, 6.45) is -0.272. The Morgan fingerprint density at radius 1 is 0.829 bits per heavy atom. The number of hydrogen-bond donors (Lipinski definition) is 2. The molecule has 0 aliphatic heterocycles. The SMILES string of the molecule is Cc1cccc(C)c1Oc1ccc(NC(=O)CCC(=O)OCC(=O)Nc2cc(Cl)ccc2Cl)cc1. The van der Waals surface area contributed by atoms with E-state index in [4.69, 9.17) is 32.7 Å². The van der Waals surface area contributed by atoms with Crippen molar-refractivity contribution in [1.82, 2.24) is 0 Å². The molecule has 0 saturated heterocycles. The summed E-state index contributed by atoms with van der Waals surface area (Å²) in [6, 6.07) is 17.5. The number of carbonyl (C=O) groups is 3. The maximum Gasteiger partial charge on any atom is 0.306 e. The first-order valence-electron chi connectivity index (χ1n) is 10.8. The van der Waals surface area contributed by atoms with Crippen molar-refractivity contribution in [1.29, 1.82) is 0 Å². The Labute approximate surface area is 213 Å². The van der Waals surface area contributed by atoms with Gasteiger partial charge >= 0.3 is 5.97 Å². The summed E-state index contributed by atoms with van der Waals surface area (Å²) in [5.74, 6) is -0.172. The van der Waals surface area contributed by atoms with Crippen LogP contribution in [0.3, 0.4) is 0 Å². The van der Waals surface area contributed by atoms with Crippen molar-refractivity contribution < 1.29 is 23.9 Å². The molecule has 3 rings (SSSR count). The zero-order valence-electron chi connectivity index (χ0n) is 19.2. The Balaban J connectivity index is 1.40. The summed E-state index contributed by atoms with van der Waals surface area (Å²) in [5.41, 5.74) is 2.93. The van der Waals surface area contributed by atoms with Crippen LogP contribution in [0.4, 0.5) is 11.4 Å². The Bertz CT molecular complexity index is 1210. The van der Waals surface area contributed by atoms with Crippen LogP contribution in [-0.2, 0) is 19.1 Å². The molecule has 35 heavy (non-hydrogen) atoms. The molecule has 182 valence electrons. The number of halogens is 2. The number of para-hydroxylation sites is 1. The quantitative estimate of drug-likeness (QED) is 0.326. The first-order valence-corrected chi connectivity index (χ1v) is 11.5. The van der Waals surface area contributed by atoms with E-state index >= 15 is 0 Å². The van der Waals surface area contributed by atoms with Gasteiger partial charge in [0.1, 0.15) is 11.5 Å². The second-order valence-corrected chi connectivity index (χ2v) is 8.57. The molecule has 0 saturated carbocycles. The molecule has 0 heterocycles. The lowest BCUT2D eigenvalue weighted by Crippen LogP contribution is -2.22. The highest BCUT2D eigenvalue weighted by Gasteiger charge is 2.13. The Morgan fingerprint density at radius 3 is 2.20 bits per heavy atom. The van der Waals surface area contributed by atoms with Crippen LogP contribution in [0.2, 0.25) is 10.0 Å². The summed E-state index contributed by atoms with van der Waals surface area (Å²) in [6.45, 7) is 3.44. The summed E-state index contributed by atoms with van der Waals surface area (Å²) in [5, 5.41) is 5.92. The molecule has 3 aromatic rings. The van der Waals surface area contributed by atoms with Gasteiger partial charge in [0.05, 0.1) is 17.1 Å². The molecule has 0 fully saturated rings. The standard InChI is InChI=1S/C26H24Cl2N2O5/c1-16-4-3-5-17(2)26(16)35-20-9-7-19(8-10-20)29-23(31)12-13-25(33)34-15-24(32)30-22-14-18(27)6-11-21(22)28/h3-11,14H,12-13,15H2,1-2H3,(H,29,31)(H,30,32). The normalized spacial score (nSPS) is 10.4. The van der Waals surface area contributed by atoms with Gasteiger partial charge in [0.15, 0.2) is 6.61 Å². The zero-order chi connectivity index (χ0) is 25.4. The Morgan fingerprint density at radius 2 is 1.51 bits per heavy atom. The zero-order valence-corrected chi connectivity index (χ0v) is 20.7. The summed E-state index contributed by atoms with van der Waals surface area (Å²) >= 11 is 11.8. The van der Waals surface area contributed by atoms with Crippen LogP contribution in [0, 0.1) is 13.8 Å². The van der Waals surface area contributed by atoms with E-state index in [-0.39, 0.29) is 18.7 Å². The third kappa shape index (κ3) is 8.02. The molecule has 0 unspecified atom stereocenters. The molecular weight excluding hydrogens is 491 g/mol. The van der Waals surface area contributed by atoms with Crippen LogP contribution in [-0.4, -0.2) is 24.4 Å². The van der Waals surface area contributed by atoms with Gasteiger partial charge in [-0.1, -0.05) is 41.4 Å². The first kappa shape index (κ1) is 26.1. The minimum Gasteiger partial charge on any atom is -0.457 e. The molecule has 0 aliphatic carbocycles. The molecule has 3 aromatic carbocycles. The van der Waals surface area contributed by atoms with Crippen LogP contribution in [0.1, 0.15) is 24.0 Å². The highest BCUT2D eigenvalue weighted by Crippen LogP contribution is 2.29. The first-order chi connectivity index (χ1) is 16.7. The van der Waals surface area contributed by atoms with Crippen molar-refractivity contribution in [2.24, 2.45) is 0 Å². The predicted molar refractivity (Wildman–Crippen MR) is 136 cm³/mol. The van der Waals surface area contributed by atoms with Crippen LogP contribution >= 0.6 is 23.2 Å². The van der Waals surface area contributed by atoms with E-state index in [1.807, 2.05) is 32.0 Å². The number of aryl methyl sites for hydroxylation is 2. The Hall–Kier alpha value is -3.55. The van der Waals surface area contributed by atoms with E-state index in [0.717, 1.165) is 16.9 Å². The minimum atomic E-state index is -0.676. The molecule has 0 radical (unpaired) electrons. The van der Waals surface area contributed by atoms with E-state index < -0.39 is 18.5 Å². The van der Waals surface area contributed by atoms with Crippen LogP contribution < -0.4 is 15.4 Å². The molecule has 0 aromatic heterocycles. The molecule has 0 bridgehead atoms. The van der Waals surface area contributed by atoms with Crippen molar-refractivity contribution in [3.05, 3.63) is 81.8 Å². The van der Waals surface area contributed by atoms with Crippen molar-refractivity contribution in [3.63, 3.8) is 0 Å². The van der Waals surface area contributed by atoms with Gasteiger partial charge in [-0.2, -0.15) is 0 Å². The Kier molecular flexibility index (Phi) is 9.11. The van der Waals surface area contributed by atoms with Gasteiger partial charge in [0.25, 0.3) is 5.91 Å². The van der Waals surface area contributed by atoms with E-state index in [1.54, 1.807) is 30.3 Å². The third-order valence-electron chi connectivity index (χ3n) is 4.89. The molecule has 0 spiro atoms. The van der Waals surface area contributed by atoms with Gasteiger partial charge in [-0.15, -0.1) is 0 Å². The van der Waals surface area contributed by atoms with E-state index in [0.29, 0.717) is 27.2 Å². The lowest BCUT2D eigenvalue weighted by Gasteiger charge is -2.12. The van der Waals surface area contributed by atoms with Crippen LogP contribution in [0.15, 0.2) is 60.7 Å². The number of nitrogens with one attached hydrogen (secondary N) is 2. The fourth-order valence-electron chi connectivity index (χ4n) is 3.12. The number of ether oxygens (including phenoxy) is 2. The molecular formula is C26H24Cl2N2O5. The van der Waals surface area contributed by atoms with E-state index in [1.165, 1.54) is 12.1 Å². The third-order valence-corrected chi connectivity index (χ3v) is 5.45. The van der Waals surface area contributed by atoms with Crippen LogP contribution in [0.5, 0.6) is 11.5 Å². The number of hydrogen-bond acceptors (Lipinski definition) is 5. The number of rotatable bonds is 9. The topological polar surface area (TPSA) is 93.7 Å². The number of benzene rings is 3. The number of carbonyl (C=O) groups excluding carboxylic acids is 3. The van der Waals surface area contributed by atoms with Gasteiger partial charge in [-0.3, -0.25) is 14.4 Å². The molecule has 2 N–H and O–H groups in total. The van der Waals surface area contributed by atoms with Crippen LogP contribution in [0.25, 0.3) is 0 Å². The maximum atomic E-state index is 12.2. The van der Waals surface area contributed by atoms with Gasteiger partial charge in [-0.25, -0.2) is 0 Å². The summed E-state index contributed by atoms with van der Waals surface area (Å²) in [7, 11) is 0. The van der Waals surface area contributed by atoms with Gasteiger partial charge in [-0.05, 0) is 67.4 Å². The average Bonchev–Trinajstić information content (AvgIpc) is 2.82. The fraction of sp³-hybridized carbons (Fsp3) is 0.192. The number of anilines is 2. The predicted octanol–water partition coefficient (Wildman–Crippen LogP) is 6.30. The van der Waals surface area contributed by atoms with Crippen molar-refractivity contribution >= 4 is 52.4 Å². The minimum absolute atomic E-state index is 0.0960. The summed E-state index contributed by atoms with van der Waals surface area (Å²) in [4.78, 5) is 36.0. The highest BCUT2D eigenvalue weighted by molar-refractivity contribution is 6.35. The highest BCUT2D eigenvalue weighted by atomic mass is 35.5. The lowest BCUT2D eigenvalue weighted by molar-refractivity contribution is -0.147. The van der Waals surface area contributed by atoms with Gasteiger partial charge < -0.3 is 20.1 Å². The van der Waals surface area contributed by atoms with Crippen molar-refractivity contribution in [2.75, 3.05) is 17.2 Å². The molecule has 2 amide bonds. The summed E-state index contributed by atoms with van der Waals surface area (Å²) < 4.78 is 10.9. The maximum absolute atomic E-state index is 12.2. The monoisotopic (exact) mass is 514 g/mol. The molecule has 7 nitrogen and oxygen atoms in total. The number of amides is 2. The molecule has 9 heteroatoms. The second kappa shape index (κ2) is 12.2. The smallest absolute Gasteiger partial charge is 0.306 e. The largest absolute Gasteiger partial charge is 0.457 e. The van der Waals surface area contributed by atoms with Gasteiger partial charge in [0.2, 0.25) is 5.91 Å². The van der Waals surface area contributed by atoms with Crippen molar-refractivity contribution in [3.8, 4) is 11.5 Å². The lowest BCUT2D eigenvalue weighted by atomic mass is 10.1. The average molecular weight is 515 g/mol. The second-order valence-electron chi connectivity index (χ2n) is 7.73. The van der Waals surface area contributed by atoms with E-state index in [2.05, 4.69) is 10.6 Å². The molecule has 0 atom stereocenters. The van der Waals surface area contributed by atoms with E-state index in [9.17, 15) is 14.4 Å².